The monoisotopic (exact) mass is 449 g/mol. The molecule has 0 unspecified atom stereocenters. The number of carbonyl (C=O) groups excluding carboxylic acids is 1. The van der Waals surface area contributed by atoms with E-state index in [4.69, 9.17) is 14.7 Å². The van der Waals surface area contributed by atoms with Crippen LogP contribution in [0, 0.1) is 11.3 Å². The Labute approximate surface area is 198 Å². The summed E-state index contributed by atoms with van der Waals surface area (Å²) in [5.41, 5.74) is 5.28. The van der Waals surface area contributed by atoms with E-state index in [-0.39, 0.29) is 5.91 Å². The lowest BCUT2D eigenvalue weighted by atomic mass is 10.0. The Morgan fingerprint density at radius 2 is 1.82 bits per heavy atom. The van der Waals surface area contributed by atoms with Gasteiger partial charge in [-0.15, -0.1) is 0 Å². The van der Waals surface area contributed by atoms with Crippen LogP contribution >= 0.6 is 0 Å². The molecule has 6 heteroatoms. The molecule has 0 atom stereocenters. The summed E-state index contributed by atoms with van der Waals surface area (Å²) in [6.07, 6.45) is 1.59. The van der Waals surface area contributed by atoms with Gasteiger partial charge in [0.15, 0.2) is 0 Å². The summed E-state index contributed by atoms with van der Waals surface area (Å²) in [5.74, 6) is 1.01. The Balaban J connectivity index is 1.54. The van der Waals surface area contributed by atoms with Gasteiger partial charge in [-0.2, -0.15) is 10.4 Å². The summed E-state index contributed by atoms with van der Waals surface area (Å²) < 4.78 is 11.5. The van der Waals surface area contributed by atoms with Crippen molar-refractivity contribution in [3.63, 3.8) is 0 Å². The van der Waals surface area contributed by atoms with Crippen molar-refractivity contribution in [2.45, 2.75) is 13.5 Å². The van der Waals surface area contributed by atoms with Crippen molar-refractivity contribution in [2.24, 2.45) is 5.10 Å². The third kappa shape index (κ3) is 5.40. The molecule has 0 bridgehead atoms. The molecular formula is C28H23N3O3. The zero-order valence-electron chi connectivity index (χ0n) is 18.7. The highest BCUT2D eigenvalue weighted by molar-refractivity contribution is 6.03. The minimum absolute atomic E-state index is 0.299. The van der Waals surface area contributed by atoms with E-state index >= 15 is 0 Å². The lowest BCUT2D eigenvalue weighted by molar-refractivity contribution is 0.0955. The third-order valence-electron chi connectivity index (χ3n) is 5.17. The quantitative estimate of drug-likeness (QED) is 0.286. The Bertz CT molecular complexity index is 1370. The molecule has 168 valence electrons. The molecule has 34 heavy (non-hydrogen) atoms. The highest BCUT2D eigenvalue weighted by atomic mass is 16.5. The summed E-state index contributed by atoms with van der Waals surface area (Å²) in [6.45, 7) is 2.77. The molecule has 0 aliphatic heterocycles. The Kier molecular flexibility index (Phi) is 7.16. The highest BCUT2D eigenvalue weighted by Gasteiger charge is 2.09. The zero-order chi connectivity index (χ0) is 23.8. The summed E-state index contributed by atoms with van der Waals surface area (Å²) in [6, 6.07) is 28.1. The van der Waals surface area contributed by atoms with E-state index in [0.717, 1.165) is 21.9 Å². The molecule has 0 aliphatic carbocycles. The SMILES string of the molecule is CCOc1ccc(C(=O)N/N=C\c2c(OCc3cccc(C#N)c3)ccc3ccccc23)cc1. The second-order valence-electron chi connectivity index (χ2n) is 7.46. The van der Waals surface area contributed by atoms with Gasteiger partial charge in [-0.3, -0.25) is 4.79 Å². The number of carbonyl (C=O) groups is 1. The molecule has 0 saturated carbocycles. The number of nitrogens with one attached hydrogen (secondary N) is 1. The van der Waals surface area contributed by atoms with Gasteiger partial charge in [-0.1, -0.05) is 42.5 Å². The van der Waals surface area contributed by atoms with Crippen LogP contribution in [0.3, 0.4) is 0 Å². The van der Waals surface area contributed by atoms with Crippen LogP contribution in [0.4, 0.5) is 0 Å². The summed E-state index contributed by atoms with van der Waals surface area (Å²) in [4.78, 5) is 12.5. The van der Waals surface area contributed by atoms with Crippen LogP contribution in [0.1, 0.15) is 34.0 Å². The van der Waals surface area contributed by atoms with Crippen LogP contribution in [-0.4, -0.2) is 18.7 Å². The van der Waals surface area contributed by atoms with Crippen LogP contribution in [0.15, 0.2) is 90.0 Å². The largest absolute Gasteiger partial charge is 0.494 e. The van der Waals surface area contributed by atoms with Gasteiger partial charge >= 0.3 is 0 Å². The van der Waals surface area contributed by atoms with Gasteiger partial charge < -0.3 is 9.47 Å². The van der Waals surface area contributed by atoms with Crippen molar-refractivity contribution < 1.29 is 14.3 Å². The normalized spacial score (nSPS) is 10.7. The number of ether oxygens (including phenoxy) is 2. The van der Waals surface area contributed by atoms with Crippen molar-refractivity contribution in [2.75, 3.05) is 6.61 Å². The number of hydrogen-bond acceptors (Lipinski definition) is 5. The van der Waals surface area contributed by atoms with Gasteiger partial charge in [0.25, 0.3) is 5.91 Å². The maximum Gasteiger partial charge on any atom is 0.271 e. The van der Waals surface area contributed by atoms with Gasteiger partial charge in [0.05, 0.1) is 24.5 Å². The molecular weight excluding hydrogens is 426 g/mol. The molecule has 0 aromatic heterocycles. The fourth-order valence-corrected chi connectivity index (χ4v) is 3.52. The molecule has 4 aromatic rings. The lowest BCUT2D eigenvalue weighted by Crippen LogP contribution is -2.17. The van der Waals surface area contributed by atoms with Gasteiger partial charge in [-0.05, 0) is 65.7 Å². The first kappa shape index (κ1) is 22.6. The first-order valence-electron chi connectivity index (χ1n) is 10.9. The molecule has 6 nitrogen and oxygen atoms in total. The molecule has 4 rings (SSSR count). The van der Waals surface area contributed by atoms with Crippen molar-refractivity contribution in [1.82, 2.24) is 5.43 Å². The minimum Gasteiger partial charge on any atom is -0.494 e. The molecule has 1 N–H and O–H groups in total. The first-order valence-corrected chi connectivity index (χ1v) is 10.9. The molecule has 0 fully saturated rings. The van der Waals surface area contributed by atoms with E-state index in [1.54, 1.807) is 42.6 Å². The zero-order valence-corrected chi connectivity index (χ0v) is 18.7. The van der Waals surface area contributed by atoms with E-state index in [1.165, 1.54) is 0 Å². The third-order valence-corrected chi connectivity index (χ3v) is 5.17. The van der Waals surface area contributed by atoms with Gasteiger partial charge in [-0.25, -0.2) is 5.43 Å². The number of nitriles is 1. The van der Waals surface area contributed by atoms with Crippen LogP contribution in [0.5, 0.6) is 11.5 Å². The average Bonchev–Trinajstić information content (AvgIpc) is 2.88. The molecule has 0 heterocycles. The summed E-state index contributed by atoms with van der Waals surface area (Å²) >= 11 is 0. The average molecular weight is 450 g/mol. The molecule has 0 radical (unpaired) electrons. The van der Waals surface area contributed by atoms with Crippen LogP contribution in [0.2, 0.25) is 0 Å². The van der Waals surface area contributed by atoms with Gasteiger partial charge in [0.2, 0.25) is 0 Å². The number of rotatable bonds is 8. The maximum absolute atomic E-state index is 12.5. The predicted molar refractivity (Wildman–Crippen MR) is 132 cm³/mol. The molecule has 1 amide bonds. The number of fused-ring (bicyclic) bond motifs is 1. The van der Waals surface area contributed by atoms with Crippen molar-refractivity contribution >= 4 is 22.9 Å². The smallest absolute Gasteiger partial charge is 0.271 e. The minimum atomic E-state index is -0.324. The van der Waals surface area contributed by atoms with Crippen molar-refractivity contribution in [3.8, 4) is 17.6 Å². The predicted octanol–water partition coefficient (Wildman–Crippen LogP) is 5.45. The fraction of sp³-hybridized carbons (Fsp3) is 0.107. The van der Waals surface area contributed by atoms with E-state index in [2.05, 4.69) is 16.6 Å². The molecule has 4 aromatic carbocycles. The van der Waals surface area contributed by atoms with Crippen molar-refractivity contribution in [3.05, 3.63) is 107 Å². The van der Waals surface area contributed by atoms with E-state index in [0.29, 0.717) is 35.8 Å². The fourth-order valence-electron chi connectivity index (χ4n) is 3.52. The van der Waals surface area contributed by atoms with Crippen LogP contribution < -0.4 is 14.9 Å². The number of hydrazone groups is 1. The molecule has 0 saturated heterocycles. The number of hydrogen-bond donors (Lipinski definition) is 1. The molecule has 0 spiro atoms. The Hall–Kier alpha value is -4.63. The Morgan fingerprint density at radius 3 is 2.62 bits per heavy atom. The summed E-state index contributed by atoms with van der Waals surface area (Å²) in [7, 11) is 0. The number of amides is 1. The van der Waals surface area contributed by atoms with E-state index in [1.807, 2.05) is 55.5 Å². The number of nitrogens with zero attached hydrogens (tertiary/aromatic N) is 2. The van der Waals surface area contributed by atoms with Gasteiger partial charge in [0.1, 0.15) is 18.1 Å². The van der Waals surface area contributed by atoms with E-state index < -0.39 is 0 Å². The first-order chi connectivity index (χ1) is 16.7. The maximum atomic E-state index is 12.5. The standard InChI is InChI=1S/C28H23N3O3/c1-2-33-24-13-10-23(11-14-24)28(32)31-30-18-26-25-9-4-3-8-22(25)12-15-27(26)34-19-21-7-5-6-20(16-21)17-29/h3-16,18H,2,19H2,1H3,(H,31,32)/b30-18-. The van der Waals surface area contributed by atoms with Crippen molar-refractivity contribution in [1.29, 1.82) is 5.26 Å². The van der Waals surface area contributed by atoms with E-state index in [9.17, 15) is 4.79 Å². The second-order valence-corrected chi connectivity index (χ2v) is 7.46. The van der Waals surface area contributed by atoms with Crippen LogP contribution in [0.25, 0.3) is 10.8 Å². The lowest BCUT2D eigenvalue weighted by Gasteiger charge is -2.12. The molecule has 0 aliphatic rings. The topological polar surface area (TPSA) is 83.7 Å². The second kappa shape index (κ2) is 10.8. The Morgan fingerprint density at radius 1 is 1.00 bits per heavy atom. The highest BCUT2D eigenvalue weighted by Crippen LogP contribution is 2.27. The number of benzene rings is 4. The van der Waals surface area contributed by atoms with Crippen LogP contribution in [-0.2, 0) is 6.61 Å². The summed E-state index contributed by atoms with van der Waals surface area (Å²) in [5, 5.41) is 15.3. The van der Waals surface area contributed by atoms with Gasteiger partial charge in [0, 0.05) is 11.1 Å².